The second-order valence-corrected chi connectivity index (χ2v) is 20.8. The number of hydrogen-bond donors (Lipinski definition) is 9. The van der Waals surface area contributed by atoms with Crippen molar-refractivity contribution >= 4 is 5.91 Å². The van der Waals surface area contributed by atoms with Gasteiger partial charge in [-0.3, -0.25) is 4.79 Å². The van der Waals surface area contributed by atoms with E-state index in [2.05, 4.69) is 55.6 Å². The Morgan fingerprint density at radius 2 is 0.917 bits per heavy atom. The summed E-state index contributed by atoms with van der Waals surface area (Å²) in [6, 6.07) is -0.836. The molecule has 0 aromatic carbocycles. The Bertz CT molecular complexity index is 1350. The third kappa shape index (κ3) is 30.1. The van der Waals surface area contributed by atoms with Gasteiger partial charge in [0.15, 0.2) is 12.6 Å². The smallest absolute Gasteiger partial charge is 0.220 e. The van der Waals surface area contributed by atoms with Gasteiger partial charge in [-0.2, -0.15) is 0 Å². The fourth-order valence-corrected chi connectivity index (χ4v) is 9.60. The Hall–Kier alpha value is -1.79. The van der Waals surface area contributed by atoms with Gasteiger partial charge in [0, 0.05) is 6.42 Å². The molecule has 1 amide bonds. The zero-order valence-electron chi connectivity index (χ0n) is 45.2. The number of amides is 1. The molecule has 9 N–H and O–H groups in total. The highest BCUT2D eigenvalue weighted by Crippen LogP contribution is 2.30. The average molecular weight is 1030 g/mol. The summed E-state index contributed by atoms with van der Waals surface area (Å²) in [4.78, 5) is 13.3. The zero-order chi connectivity index (χ0) is 52.4. The van der Waals surface area contributed by atoms with Crippen molar-refractivity contribution in [3.8, 4) is 0 Å². The van der Waals surface area contributed by atoms with Gasteiger partial charge in [0.25, 0.3) is 0 Å². The van der Waals surface area contributed by atoms with Gasteiger partial charge in [-0.1, -0.05) is 211 Å². The lowest BCUT2D eigenvalue weighted by Gasteiger charge is -2.46. The van der Waals surface area contributed by atoms with Crippen LogP contribution < -0.4 is 5.32 Å². The van der Waals surface area contributed by atoms with Crippen LogP contribution in [0.3, 0.4) is 0 Å². The molecule has 0 saturated carbocycles. The van der Waals surface area contributed by atoms with E-state index in [1.807, 2.05) is 0 Å². The first-order valence-electron chi connectivity index (χ1n) is 29.2. The third-order valence-corrected chi connectivity index (χ3v) is 14.4. The van der Waals surface area contributed by atoms with Gasteiger partial charge in [-0.15, -0.1) is 0 Å². The molecule has 2 heterocycles. The molecule has 0 aliphatic carbocycles. The number of carbonyl (C=O) groups is 1. The molecule has 2 rings (SSSR count). The van der Waals surface area contributed by atoms with Crippen molar-refractivity contribution in [2.24, 2.45) is 0 Å². The summed E-state index contributed by atoms with van der Waals surface area (Å²) in [5.74, 6) is -0.218. The molecule has 2 aliphatic heterocycles. The largest absolute Gasteiger partial charge is 0.394 e. The maximum Gasteiger partial charge on any atom is 0.220 e. The predicted octanol–water partition coefficient (Wildman–Crippen LogP) is 9.44. The van der Waals surface area contributed by atoms with E-state index in [0.717, 1.165) is 77.0 Å². The van der Waals surface area contributed by atoms with Crippen LogP contribution in [-0.2, 0) is 23.7 Å². The fraction of sp³-hybridized carbons (Fsp3) is 0.879. The molecule has 14 nitrogen and oxygen atoms in total. The summed E-state index contributed by atoms with van der Waals surface area (Å²) in [6.45, 7) is 2.84. The molecule has 12 atom stereocenters. The van der Waals surface area contributed by atoms with E-state index in [1.165, 1.54) is 122 Å². The second-order valence-electron chi connectivity index (χ2n) is 20.8. The lowest BCUT2D eigenvalue weighted by molar-refractivity contribution is -0.359. The summed E-state index contributed by atoms with van der Waals surface area (Å²) in [5, 5.41) is 87.2. The van der Waals surface area contributed by atoms with Crippen LogP contribution in [0.25, 0.3) is 0 Å². The quantitative estimate of drug-likeness (QED) is 0.0205. The molecule has 0 radical (unpaired) electrons. The summed E-state index contributed by atoms with van der Waals surface area (Å²) in [6.07, 6.45) is 35.6. The molecule has 0 aromatic heterocycles. The second kappa shape index (κ2) is 44.3. The average Bonchev–Trinajstić information content (AvgIpc) is 3.38. The Balaban J connectivity index is 1.78. The van der Waals surface area contributed by atoms with Gasteiger partial charge in [0.2, 0.25) is 5.91 Å². The van der Waals surface area contributed by atoms with Gasteiger partial charge >= 0.3 is 0 Å². The first-order valence-corrected chi connectivity index (χ1v) is 29.2. The third-order valence-electron chi connectivity index (χ3n) is 14.4. The maximum absolute atomic E-state index is 13.3. The molecule has 2 aliphatic rings. The highest BCUT2D eigenvalue weighted by molar-refractivity contribution is 5.76. The van der Waals surface area contributed by atoms with Crippen LogP contribution in [0, 0.1) is 0 Å². The van der Waals surface area contributed by atoms with Gasteiger partial charge in [-0.05, 0) is 51.4 Å². The highest BCUT2D eigenvalue weighted by atomic mass is 16.7. The van der Waals surface area contributed by atoms with E-state index in [1.54, 1.807) is 0 Å². The number of nitrogens with one attached hydrogen (secondary N) is 1. The highest BCUT2D eigenvalue weighted by Gasteiger charge is 2.51. The summed E-state index contributed by atoms with van der Waals surface area (Å²) in [7, 11) is 0. The van der Waals surface area contributed by atoms with Crippen molar-refractivity contribution in [1.29, 1.82) is 0 Å². The molecule has 0 spiro atoms. The van der Waals surface area contributed by atoms with Crippen LogP contribution in [0.2, 0.25) is 0 Å². The molecule has 2 fully saturated rings. The van der Waals surface area contributed by atoms with Crippen molar-refractivity contribution in [2.75, 3.05) is 19.8 Å². The molecule has 72 heavy (non-hydrogen) atoms. The molecular weight excluding hydrogens is 919 g/mol. The Morgan fingerprint density at radius 3 is 1.43 bits per heavy atom. The minimum atomic E-state index is -1.78. The molecule has 2 saturated heterocycles. The van der Waals surface area contributed by atoms with Crippen LogP contribution in [0.15, 0.2) is 36.5 Å². The van der Waals surface area contributed by atoms with Crippen molar-refractivity contribution < 1.29 is 64.6 Å². The van der Waals surface area contributed by atoms with E-state index < -0.39 is 86.8 Å². The summed E-state index contributed by atoms with van der Waals surface area (Å²) in [5.41, 5.74) is 0. The number of unbranched alkanes of at least 4 members (excludes halogenated alkanes) is 27. The van der Waals surface area contributed by atoms with Crippen LogP contribution in [0.4, 0.5) is 0 Å². The van der Waals surface area contributed by atoms with Gasteiger partial charge in [-0.25, -0.2) is 0 Å². The SMILES string of the molecule is CCCCC/C=C\C/C=C\C/C=C\CCCCCCCCC(=O)NC(COC1OC(CO)C(OC2OC(CO)C(O)C(O)C2O)C(O)C1O)C(O)CCCCCCCCCCCCCCCCCCCCC. The van der Waals surface area contributed by atoms with Crippen LogP contribution in [0.1, 0.15) is 232 Å². The molecule has 0 aromatic rings. The Kier molecular flexibility index (Phi) is 40.9. The number of aliphatic hydroxyl groups excluding tert-OH is 8. The topological polar surface area (TPSA) is 228 Å². The molecule has 422 valence electrons. The molecule has 0 bridgehead atoms. The van der Waals surface area contributed by atoms with Gasteiger partial charge < -0.3 is 65.1 Å². The number of hydrogen-bond acceptors (Lipinski definition) is 13. The van der Waals surface area contributed by atoms with E-state index in [9.17, 15) is 45.6 Å². The van der Waals surface area contributed by atoms with Crippen LogP contribution in [-0.4, -0.2) is 140 Å². The lowest BCUT2D eigenvalue weighted by Crippen LogP contribution is -2.65. The van der Waals surface area contributed by atoms with Crippen molar-refractivity contribution in [3.63, 3.8) is 0 Å². The van der Waals surface area contributed by atoms with E-state index in [4.69, 9.17) is 18.9 Å². The van der Waals surface area contributed by atoms with Crippen LogP contribution >= 0.6 is 0 Å². The Morgan fingerprint density at radius 1 is 0.500 bits per heavy atom. The van der Waals surface area contributed by atoms with E-state index in [0.29, 0.717) is 12.8 Å². The Labute approximate surface area is 436 Å². The number of ether oxygens (including phenoxy) is 4. The fourth-order valence-electron chi connectivity index (χ4n) is 9.60. The normalized spacial score (nSPS) is 25.8. The van der Waals surface area contributed by atoms with Crippen molar-refractivity contribution in [2.45, 2.75) is 306 Å². The van der Waals surface area contributed by atoms with E-state index in [-0.39, 0.29) is 18.9 Å². The summed E-state index contributed by atoms with van der Waals surface area (Å²) >= 11 is 0. The zero-order valence-corrected chi connectivity index (χ0v) is 45.2. The minimum Gasteiger partial charge on any atom is -0.394 e. The number of rotatable bonds is 46. The molecule has 14 heteroatoms. The van der Waals surface area contributed by atoms with Crippen molar-refractivity contribution in [1.82, 2.24) is 5.32 Å². The molecular formula is C58H107NO13. The first-order chi connectivity index (χ1) is 35.1. The van der Waals surface area contributed by atoms with Gasteiger partial charge in [0.05, 0.1) is 32.0 Å². The van der Waals surface area contributed by atoms with Gasteiger partial charge in [0.1, 0.15) is 48.8 Å². The number of carbonyl (C=O) groups excluding carboxylic acids is 1. The molecule has 12 unspecified atom stereocenters. The standard InChI is InChI=1S/C58H107NO13/c1-3-5-7-9-11-13-15-17-19-21-23-25-27-29-31-33-35-37-39-41-47(62)46(59-50(63)42-40-38-36-34-32-30-28-26-24-22-20-18-16-14-12-10-8-6-4-2)45-69-57-55(68)53(66)56(49(44-61)71-57)72-58-54(67)52(65)51(64)48(43-60)70-58/h12,14,18,20,24,26,46-49,51-58,60-62,64-68H,3-11,13,15-17,19,21-23,25,27-45H2,1-2H3,(H,59,63)/b14-12-,20-18-,26-24-. The predicted molar refractivity (Wildman–Crippen MR) is 286 cm³/mol. The first kappa shape index (κ1) is 66.3. The van der Waals surface area contributed by atoms with Crippen LogP contribution in [0.5, 0.6) is 0 Å². The number of aliphatic hydroxyl groups is 8. The minimum absolute atomic E-state index is 0.218. The number of allylic oxidation sites excluding steroid dienone is 6. The summed E-state index contributed by atoms with van der Waals surface area (Å²) < 4.78 is 22.8. The lowest BCUT2D eigenvalue weighted by atomic mass is 9.97. The van der Waals surface area contributed by atoms with E-state index >= 15 is 0 Å². The van der Waals surface area contributed by atoms with Crippen molar-refractivity contribution in [3.05, 3.63) is 36.5 Å². The monoisotopic (exact) mass is 1030 g/mol. The maximum atomic E-state index is 13.3.